The zero-order chi connectivity index (χ0) is 13.8. The molecule has 2 rings (SSSR count). The van der Waals surface area contributed by atoms with Crippen LogP contribution < -0.4 is 5.32 Å². The molecule has 0 aromatic carbocycles. The van der Waals surface area contributed by atoms with Gasteiger partial charge in [0.05, 0.1) is 22.3 Å². The van der Waals surface area contributed by atoms with Crippen LogP contribution in [0, 0.1) is 13.8 Å². The van der Waals surface area contributed by atoms with Crippen LogP contribution in [0.15, 0.2) is 6.07 Å². The van der Waals surface area contributed by atoms with Crippen molar-refractivity contribution in [2.75, 3.05) is 6.54 Å². The van der Waals surface area contributed by atoms with Gasteiger partial charge in [-0.2, -0.15) is 5.10 Å². The minimum Gasteiger partial charge on any atom is -0.309 e. The van der Waals surface area contributed by atoms with Gasteiger partial charge in [-0.25, -0.2) is 0 Å². The molecule has 0 fully saturated rings. The molecule has 5 nitrogen and oxygen atoms in total. The number of nitrogens with one attached hydrogen (secondary N) is 1. The van der Waals surface area contributed by atoms with Crippen LogP contribution in [0.25, 0.3) is 0 Å². The Labute approximate surface area is 118 Å². The van der Waals surface area contributed by atoms with E-state index in [1.807, 2.05) is 25.6 Å². The lowest BCUT2D eigenvalue weighted by molar-refractivity contribution is 0.516. The van der Waals surface area contributed by atoms with E-state index in [0.29, 0.717) is 0 Å². The zero-order valence-electron chi connectivity index (χ0n) is 12.0. The third kappa shape index (κ3) is 3.39. The number of nitrogens with zero attached hydrogens (tertiary/aromatic N) is 4. The largest absolute Gasteiger partial charge is 0.309 e. The third-order valence-electron chi connectivity index (χ3n) is 3.16. The molecule has 0 bridgehead atoms. The normalized spacial score (nSPS) is 12.8. The minimum atomic E-state index is 0.273. The second-order valence-electron chi connectivity index (χ2n) is 4.83. The first-order chi connectivity index (χ1) is 9.11. The Morgan fingerprint density at radius 1 is 1.42 bits per heavy atom. The van der Waals surface area contributed by atoms with E-state index in [4.69, 9.17) is 0 Å². The molecule has 0 radical (unpaired) electrons. The Bertz CT molecular complexity index is 531. The van der Waals surface area contributed by atoms with Crippen molar-refractivity contribution < 1.29 is 0 Å². The maximum atomic E-state index is 4.41. The summed E-state index contributed by atoms with van der Waals surface area (Å²) in [4.78, 5) is 1.23. The first-order valence-electron chi connectivity index (χ1n) is 6.63. The van der Waals surface area contributed by atoms with Gasteiger partial charge in [0.1, 0.15) is 0 Å². The maximum Gasteiger partial charge on any atom is 0.0772 e. The highest BCUT2D eigenvalue weighted by atomic mass is 32.1. The maximum absolute atomic E-state index is 4.41. The summed E-state index contributed by atoms with van der Waals surface area (Å²) in [6.07, 6.45) is 2.04. The van der Waals surface area contributed by atoms with E-state index >= 15 is 0 Å². The van der Waals surface area contributed by atoms with Crippen molar-refractivity contribution >= 4 is 11.5 Å². The smallest absolute Gasteiger partial charge is 0.0772 e. The molecule has 0 amide bonds. The van der Waals surface area contributed by atoms with E-state index < -0.39 is 0 Å². The molecule has 2 heterocycles. The van der Waals surface area contributed by atoms with Crippen molar-refractivity contribution in [3.05, 3.63) is 28.0 Å². The molecule has 104 valence electrons. The molecular formula is C13H21N5S. The van der Waals surface area contributed by atoms with Gasteiger partial charge in [-0.1, -0.05) is 11.4 Å². The lowest BCUT2D eigenvalue weighted by Gasteiger charge is -2.17. The van der Waals surface area contributed by atoms with E-state index in [-0.39, 0.29) is 6.04 Å². The fraction of sp³-hybridized carbons (Fsp3) is 0.615. The summed E-state index contributed by atoms with van der Waals surface area (Å²) < 4.78 is 6.01. The van der Waals surface area contributed by atoms with Gasteiger partial charge in [0.15, 0.2) is 0 Å². The Morgan fingerprint density at radius 3 is 2.74 bits per heavy atom. The molecule has 0 aliphatic rings. The minimum absolute atomic E-state index is 0.273. The predicted octanol–water partition coefficient (Wildman–Crippen LogP) is 2.17. The molecule has 19 heavy (non-hydrogen) atoms. The summed E-state index contributed by atoms with van der Waals surface area (Å²) in [5.74, 6) is 0. The number of hydrogen-bond acceptors (Lipinski definition) is 5. The molecule has 0 aliphatic carbocycles. The van der Waals surface area contributed by atoms with Crippen molar-refractivity contribution in [1.82, 2.24) is 24.7 Å². The van der Waals surface area contributed by atoms with Crippen molar-refractivity contribution in [3.63, 3.8) is 0 Å². The molecule has 2 aromatic heterocycles. The van der Waals surface area contributed by atoms with Crippen LogP contribution in [0.3, 0.4) is 0 Å². The second-order valence-corrected chi connectivity index (χ2v) is 5.62. The van der Waals surface area contributed by atoms with Gasteiger partial charge in [0.25, 0.3) is 0 Å². The Hall–Kier alpha value is -1.27. The van der Waals surface area contributed by atoms with Crippen molar-refractivity contribution in [3.8, 4) is 0 Å². The fourth-order valence-electron chi connectivity index (χ4n) is 2.20. The highest BCUT2D eigenvalue weighted by molar-refractivity contribution is 7.05. The quantitative estimate of drug-likeness (QED) is 0.880. The van der Waals surface area contributed by atoms with Crippen LogP contribution in [-0.2, 0) is 13.5 Å². The summed E-state index contributed by atoms with van der Waals surface area (Å²) >= 11 is 1.49. The molecule has 2 aromatic rings. The number of aromatic nitrogens is 4. The van der Waals surface area contributed by atoms with Gasteiger partial charge in [-0.3, -0.25) is 4.68 Å². The van der Waals surface area contributed by atoms with Crippen LogP contribution in [0.1, 0.15) is 41.3 Å². The molecule has 0 aliphatic heterocycles. The van der Waals surface area contributed by atoms with Crippen LogP contribution in [0.2, 0.25) is 0 Å². The lowest BCUT2D eigenvalue weighted by Crippen LogP contribution is -2.24. The fourth-order valence-corrected chi connectivity index (χ4v) is 2.92. The summed E-state index contributed by atoms with van der Waals surface area (Å²) in [6.45, 7) is 7.22. The Balaban J connectivity index is 2.19. The van der Waals surface area contributed by atoms with Crippen LogP contribution in [0.5, 0.6) is 0 Å². The highest BCUT2D eigenvalue weighted by Gasteiger charge is 2.18. The predicted molar refractivity (Wildman–Crippen MR) is 77.3 cm³/mol. The standard InChI is InChI=1S/C13H21N5S/c1-5-6-14-12(13-10(3)15-17-19-13)8-11-7-9(2)16-18(11)4/h7,12,14H,5-6,8H2,1-4H3. The summed E-state index contributed by atoms with van der Waals surface area (Å²) in [7, 11) is 2.00. The Morgan fingerprint density at radius 2 is 2.21 bits per heavy atom. The van der Waals surface area contributed by atoms with Gasteiger partial charge in [-0.15, -0.1) is 5.10 Å². The molecule has 1 atom stereocenters. The molecule has 1 unspecified atom stereocenters. The second kappa shape index (κ2) is 6.25. The topological polar surface area (TPSA) is 55.6 Å². The van der Waals surface area contributed by atoms with Gasteiger partial charge in [0, 0.05) is 19.2 Å². The zero-order valence-corrected chi connectivity index (χ0v) is 12.8. The van der Waals surface area contributed by atoms with Gasteiger partial charge < -0.3 is 5.32 Å². The van der Waals surface area contributed by atoms with Gasteiger partial charge >= 0.3 is 0 Å². The van der Waals surface area contributed by atoms with Crippen molar-refractivity contribution in [2.45, 2.75) is 39.7 Å². The van der Waals surface area contributed by atoms with Crippen molar-refractivity contribution in [2.24, 2.45) is 7.05 Å². The van der Waals surface area contributed by atoms with E-state index in [9.17, 15) is 0 Å². The SMILES string of the molecule is CCCNC(Cc1cc(C)nn1C)c1snnc1C. The molecule has 1 N–H and O–H groups in total. The first kappa shape index (κ1) is 14.1. The van der Waals surface area contributed by atoms with Crippen LogP contribution >= 0.6 is 11.5 Å². The average molecular weight is 279 g/mol. The van der Waals surface area contributed by atoms with Crippen LogP contribution in [0.4, 0.5) is 0 Å². The summed E-state index contributed by atoms with van der Waals surface area (Å²) in [6, 6.07) is 2.42. The summed E-state index contributed by atoms with van der Waals surface area (Å²) in [5.41, 5.74) is 3.32. The summed E-state index contributed by atoms with van der Waals surface area (Å²) in [5, 5.41) is 12.1. The highest BCUT2D eigenvalue weighted by Crippen LogP contribution is 2.23. The molecule has 0 saturated carbocycles. The van der Waals surface area contributed by atoms with E-state index in [2.05, 4.69) is 33.0 Å². The third-order valence-corrected chi connectivity index (χ3v) is 4.10. The van der Waals surface area contributed by atoms with Gasteiger partial charge in [-0.05, 0) is 44.4 Å². The van der Waals surface area contributed by atoms with Crippen molar-refractivity contribution in [1.29, 1.82) is 0 Å². The molecule has 0 spiro atoms. The number of rotatable bonds is 6. The molecular weight excluding hydrogens is 258 g/mol. The van der Waals surface area contributed by atoms with E-state index in [1.54, 1.807) is 0 Å². The van der Waals surface area contributed by atoms with E-state index in [0.717, 1.165) is 30.8 Å². The number of hydrogen-bond donors (Lipinski definition) is 1. The first-order valence-corrected chi connectivity index (χ1v) is 7.41. The lowest BCUT2D eigenvalue weighted by atomic mass is 10.1. The van der Waals surface area contributed by atoms with Gasteiger partial charge in [0.2, 0.25) is 0 Å². The van der Waals surface area contributed by atoms with Crippen LogP contribution in [-0.4, -0.2) is 25.9 Å². The Kier molecular flexibility index (Phi) is 4.66. The number of aryl methyl sites for hydroxylation is 3. The molecule has 6 heteroatoms. The monoisotopic (exact) mass is 279 g/mol. The van der Waals surface area contributed by atoms with E-state index in [1.165, 1.54) is 22.1 Å². The molecule has 0 saturated heterocycles. The average Bonchev–Trinajstić information content (AvgIpc) is 2.91.